The van der Waals surface area contributed by atoms with Gasteiger partial charge in [-0.3, -0.25) is 0 Å². The van der Waals surface area contributed by atoms with Gasteiger partial charge in [0.2, 0.25) is 0 Å². The first-order valence-electron chi connectivity index (χ1n) is 3.39. The van der Waals surface area contributed by atoms with Crippen LogP contribution < -0.4 is 0 Å². The normalized spacial score (nSPS) is 35.8. The van der Waals surface area contributed by atoms with Gasteiger partial charge in [-0.25, -0.2) is 0 Å². The van der Waals surface area contributed by atoms with Crippen molar-refractivity contribution >= 4 is 24.7 Å². The number of hydrogen-bond acceptors (Lipinski definition) is 1. The van der Waals surface area contributed by atoms with E-state index >= 15 is 0 Å². The van der Waals surface area contributed by atoms with E-state index in [9.17, 15) is 5.11 Å². The van der Waals surface area contributed by atoms with Gasteiger partial charge in [-0.1, -0.05) is 10.9 Å². The van der Waals surface area contributed by atoms with Crippen LogP contribution in [-0.4, -0.2) is 19.1 Å². The van der Waals surface area contributed by atoms with Gasteiger partial charge in [-0.2, -0.15) is 0 Å². The molecule has 54 valence electrons. The molecule has 0 fully saturated rings. The summed E-state index contributed by atoms with van der Waals surface area (Å²) < 4.78 is 3.59. The van der Waals surface area contributed by atoms with Crippen LogP contribution in [0.3, 0.4) is 0 Å². The molecule has 0 aromatic carbocycles. The molecule has 0 bridgehead atoms. The van der Waals surface area contributed by atoms with Crippen LogP contribution in [0.15, 0.2) is 0 Å². The summed E-state index contributed by atoms with van der Waals surface area (Å²) >= 11 is 0.364. The van der Waals surface area contributed by atoms with Crippen molar-refractivity contribution < 1.29 is 5.11 Å². The number of halogens is 1. The van der Waals surface area contributed by atoms with Gasteiger partial charge < -0.3 is 5.11 Å². The van der Waals surface area contributed by atoms with E-state index in [1.54, 1.807) is 0 Å². The molecule has 1 atom stereocenters. The highest BCUT2D eigenvalue weighted by Gasteiger charge is 2.23. The molecule has 1 N–H and O–H groups in total. The summed E-state index contributed by atoms with van der Waals surface area (Å²) in [5, 5.41) is 9.67. The number of rotatable bonds is 1. The van der Waals surface area contributed by atoms with Crippen molar-refractivity contribution in [3.8, 4) is 0 Å². The first-order valence-corrected chi connectivity index (χ1v) is 6.16. The second-order valence-corrected chi connectivity index (χ2v) is 5.37. The van der Waals surface area contributed by atoms with Gasteiger partial charge in [-0.15, -0.1) is 20.7 Å². The molecule has 0 spiro atoms. The van der Waals surface area contributed by atoms with Gasteiger partial charge in [0.15, 0.2) is 0 Å². The van der Waals surface area contributed by atoms with E-state index in [0.29, 0.717) is 20.7 Å². The van der Waals surface area contributed by atoms with Crippen molar-refractivity contribution in [2.24, 2.45) is 0 Å². The molecule has 1 heterocycles. The second-order valence-electron chi connectivity index (χ2n) is 2.53. The zero-order chi connectivity index (χ0) is 6.74. The molecule has 2 heteroatoms. The summed E-state index contributed by atoms with van der Waals surface area (Å²) in [7, 11) is 0. The maximum atomic E-state index is 9.67. The number of alkyl halides is 1. The Kier molecular flexibility index (Phi) is 2.64. The molecule has 9 heavy (non-hydrogen) atoms. The van der Waals surface area contributed by atoms with Gasteiger partial charge in [0, 0.05) is 0 Å². The fraction of sp³-hybridized carbons (Fsp3) is 0.857. The van der Waals surface area contributed by atoms with Crippen LogP contribution in [0.4, 0.5) is 0 Å². The minimum atomic E-state index is -0.308. The lowest BCUT2D eigenvalue weighted by Gasteiger charge is -2.26. The maximum absolute atomic E-state index is 9.67. The van der Waals surface area contributed by atoms with Gasteiger partial charge in [-0.05, 0) is 23.7 Å². The molecule has 0 saturated heterocycles. The van der Waals surface area contributed by atoms with Crippen molar-refractivity contribution in [3.05, 3.63) is 0 Å². The van der Waals surface area contributed by atoms with Crippen LogP contribution in [0.1, 0.15) is 26.2 Å². The lowest BCUT2D eigenvalue weighted by atomic mass is 9.95. The lowest BCUT2D eigenvalue weighted by molar-refractivity contribution is 0.0427. The van der Waals surface area contributed by atoms with Gasteiger partial charge >= 0.3 is 0 Å². The summed E-state index contributed by atoms with van der Waals surface area (Å²) in [6.07, 6.45) is 2.93. The average Bonchev–Trinajstić information content (AvgIpc) is 1.90. The Morgan fingerprint density at radius 1 is 1.78 bits per heavy atom. The number of hydrogen-bond donors (Lipinski definition) is 1. The molecule has 0 radical (unpaired) electrons. The zero-order valence-corrected chi connectivity index (χ0v) is 7.89. The van der Waals surface area contributed by atoms with E-state index < -0.39 is 0 Å². The Morgan fingerprint density at radius 2 is 2.56 bits per heavy atom. The number of aliphatic hydroxyl groups is 1. The predicted octanol–water partition coefficient (Wildman–Crippen LogP) is 1.69. The van der Waals surface area contributed by atoms with Crippen molar-refractivity contribution in [2.45, 2.75) is 31.8 Å². The minimum absolute atomic E-state index is 0.308. The Labute approximate surface area is 66.2 Å². The van der Waals surface area contributed by atoms with E-state index in [4.69, 9.17) is 0 Å². The van der Waals surface area contributed by atoms with Gasteiger partial charge in [0.25, 0.3) is 0 Å². The van der Waals surface area contributed by atoms with Crippen LogP contribution in [-0.2, 0) is 0 Å². The van der Waals surface area contributed by atoms with Crippen LogP contribution in [0.25, 0.3) is 0 Å². The maximum Gasteiger partial charge on any atom is 0.0690 e. The summed E-state index contributed by atoms with van der Waals surface area (Å²) in [4.78, 5) is 0. The fourth-order valence-corrected chi connectivity index (χ4v) is 3.82. The predicted molar refractivity (Wildman–Crippen MR) is 49.4 cm³/mol. The molecular weight excluding hydrogens is 227 g/mol. The van der Waals surface area contributed by atoms with Gasteiger partial charge in [0.1, 0.15) is 0 Å². The SMILES string of the molecule is CC[C@@]1(O)CC=ICC1. The van der Waals surface area contributed by atoms with E-state index in [0.717, 1.165) is 19.3 Å². The zero-order valence-electron chi connectivity index (χ0n) is 5.73. The van der Waals surface area contributed by atoms with Gasteiger partial charge in [0.05, 0.1) is 5.60 Å². The fourth-order valence-electron chi connectivity index (χ4n) is 0.929. The molecule has 1 aliphatic heterocycles. The van der Waals surface area contributed by atoms with Crippen LogP contribution in [0.5, 0.6) is 0 Å². The monoisotopic (exact) mass is 240 g/mol. The van der Waals surface area contributed by atoms with Crippen molar-refractivity contribution in [2.75, 3.05) is 4.43 Å². The highest BCUT2D eigenvalue weighted by atomic mass is 127. The molecule has 0 unspecified atom stereocenters. The summed E-state index contributed by atoms with van der Waals surface area (Å²) in [6, 6.07) is 0. The third kappa shape index (κ3) is 2.00. The molecular formula is C7H13IO. The Bertz CT molecular complexity index is 122. The van der Waals surface area contributed by atoms with Crippen LogP contribution in [0, 0.1) is 0 Å². The Morgan fingerprint density at radius 3 is 2.89 bits per heavy atom. The van der Waals surface area contributed by atoms with E-state index in [-0.39, 0.29) is 5.60 Å². The summed E-state index contributed by atoms with van der Waals surface area (Å²) in [6.45, 7) is 2.07. The molecule has 0 aromatic rings. The molecule has 0 amide bonds. The van der Waals surface area contributed by atoms with Crippen molar-refractivity contribution in [1.82, 2.24) is 0 Å². The van der Waals surface area contributed by atoms with Crippen LogP contribution >= 0.6 is 20.7 Å². The molecule has 0 aliphatic carbocycles. The average molecular weight is 240 g/mol. The van der Waals surface area contributed by atoms with E-state index in [1.165, 1.54) is 4.43 Å². The summed E-state index contributed by atoms with van der Waals surface area (Å²) in [5.74, 6) is 0. The molecule has 0 aromatic heterocycles. The third-order valence-corrected chi connectivity index (χ3v) is 4.12. The smallest absolute Gasteiger partial charge is 0.0690 e. The molecule has 1 rings (SSSR count). The largest absolute Gasteiger partial charge is 0.390 e. The Hall–Kier alpha value is 0.560. The topological polar surface area (TPSA) is 20.2 Å². The van der Waals surface area contributed by atoms with Crippen molar-refractivity contribution in [3.63, 3.8) is 0 Å². The quantitative estimate of drug-likeness (QED) is 0.546. The summed E-state index contributed by atoms with van der Waals surface area (Å²) in [5.41, 5.74) is -0.308. The van der Waals surface area contributed by atoms with Crippen molar-refractivity contribution in [1.29, 1.82) is 0 Å². The van der Waals surface area contributed by atoms with Crippen LogP contribution in [0.2, 0.25) is 0 Å². The molecule has 1 nitrogen and oxygen atoms in total. The Balaban J connectivity index is 2.50. The third-order valence-electron chi connectivity index (χ3n) is 1.89. The lowest BCUT2D eigenvalue weighted by Crippen LogP contribution is -2.30. The highest BCUT2D eigenvalue weighted by molar-refractivity contribution is 14.2. The molecule has 0 saturated carbocycles. The van der Waals surface area contributed by atoms with E-state index in [2.05, 4.69) is 10.9 Å². The second kappa shape index (κ2) is 3.10. The molecule has 1 aliphatic rings. The minimum Gasteiger partial charge on any atom is -0.390 e. The highest BCUT2D eigenvalue weighted by Crippen LogP contribution is 2.25. The first kappa shape index (κ1) is 7.66. The first-order chi connectivity index (χ1) is 4.27. The van der Waals surface area contributed by atoms with E-state index in [1.807, 2.05) is 0 Å². The standard InChI is InChI=1S/C7H13IO/c1-2-7(9)3-5-8-6-4-7/h5,9H,2-4,6H2,1H3/t7-/m1/s1.